The van der Waals surface area contributed by atoms with Gasteiger partial charge in [-0.15, -0.1) is 0 Å². The van der Waals surface area contributed by atoms with Gasteiger partial charge in [-0.2, -0.15) is 0 Å². The van der Waals surface area contributed by atoms with Crippen LogP contribution in [0, 0.1) is 0 Å². The molecule has 0 bridgehead atoms. The first-order chi connectivity index (χ1) is 14.0. The molecular weight excluding hydrogens is 400 g/mol. The lowest BCUT2D eigenvalue weighted by atomic mass is 10.2. The van der Waals surface area contributed by atoms with E-state index in [4.69, 9.17) is 19.9 Å². The number of hydrogen-bond acceptors (Lipinski definition) is 9. The van der Waals surface area contributed by atoms with Crippen molar-refractivity contribution in [3.05, 3.63) is 12.2 Å². The topological polar surface area (TPSA) is 167 Å². The lowest BCUT2D eigenvalue weighted by Gasteiger charge is -2.24. The molecule has 0 aliphatic carbocycles. The number of amides is 3. The second-order valence-electron chi connectivity index (χ2n) is 7.32. The van der Waals surface area contributed by atoms with Crippen molar-refractivity contribution in [2.45, 2.75) is 44.6 Å². The van der Waals surface area contributed by atoms with Crippen molar-refractivity contribution in [3.63, 3.8) is 0 Å². The Morgan fingerprint density at radius 2 is 1.70 bits per heavy atom. The number of carbonyl (C=O) groups excluding carboxylic acids is 4. The number of hydrogen-bond donors (Lipinski definition) is 4. The summed E-state index contributed by atoms with van der Waals surface area (Å²) in [6.45, 7) is 4.93. The van der Waals surface area contributed by atoms with E-state index in [-0.39, 0.29) is 26.4 Å². The van der Waals surface area contributed by atoms with Crippen molar-refractivity contribution in [2.75, 3.05) is 33.5 Å². The Kier molecular flexibility index (Phi) is 10.2. The normalized spacial score (nSPS) is 25.6. The second-order valence-corrected chi connectivity index (χ2v) is 7.32. The van der Waals surface area contributed by atoms with E-state index in [9.17, 15) is 19.2 Å². The summed E-state index contributed by atoms with van der Waals surface area (Å²) >= 11 is 0. The Hall–Kier alpha value is -2.70. The van der Waals surface area contributed by atoms with Gasteiger partial charge >= 0.3 is 12.1 Å². The van der Waals surface area contributed by atoms with Gasteiger partial charge in [-0.05, 0) is 20.8 Å². The maximum absolute atomic E-state index is 12.5. The zero-order valence-electron chi connectivity index (χ0n) is 17.6. The van der Waals surface area contributed by atoms with Crippen LogP contribution in [0.3, 0.4) is 0 Å². The number of nitrogens with two attached hydrogens (primary N) is 1. The van der Waals surface area contributed by atoms with E-state index in [2.05, 4.69) is 20.7 Å². The van der Waals surface area contributed by atoms with Crippen LogP contribution in [0.4, 0.5) is 4.79 Å². The molecule has 0 saturated heterocycles. The molecule has 0 unspecified atom stereocenters. The van der Waals surface area contributed by atoms with E-state index in [1.54, 1.807) is 32.9 Å². The van der Waals surface area contributed by atoms with E-state index in [0.717, 1.165) is 7.11 Å². The highest BCUT2D eigenvalue weighted by Gasteiger charge is 2.29. The van der Waals surface area contributed by atoms with Gasteiger partial charge in [0.25, 0.3) is 5.91 Å². The number of ether oxygens (including phenoxy) is 4. The first-order valence-electron chi connectivity index (χ1n) is 9.27. The molecule has 5 N–H and O–H groups in total. The molecule has 170 valence electrons. The van der Waals surface area contributed by atoms with Crippen LogP contribution >= 0.6 is 0 Å². The van der Waals surface area contributed by atoms with Crippen LogP contribution in [0.2, 0.25) is 0 Å². The van der Waals surface area contributed by atoms with Crippen molar-refractivity contribution < 1.29 is 38.1 Å². The van der Waals surface area contributed by atoms with Crippen molar-refractivity contribution in [2.24, 2.45) is 5.73 Å². The molecule has 1 aliphatic rings. The molecule has 3 atom stereocenters. The Morgan fingerprint density at radius 1 is 1.10 bits per heavy atom. The maximum Gasteiger partial charge on any atom is 0.408 e. The van der Waals surface area contributed by atoms with Crippen molar-refractivity contribution in [1.29, 1.82) is 0 Å². The maximum atomic E-state index is 12.5. The largest absolute Gasteiger partial charge is 0.467 e. The first-order valence-corrected chi connectivity index (χ1v) is 9.27. The van der Waals surface area contributed by atoms with Crippen LogP contribution in [0.15, 0.2) is 12.2 Å². The Bertz CT molecular complexity index is 647. The highest BCUT2D eigenvalue weighted by Crippen LogP contribution is 2.07. The van der Waals surface area contributed by atoms with Gasteiger partial charge in [0.05, 0.1) is 33.5 Å². The quantitative estimate of drug-likeness (QED) is 0.302. The minimum Gasteiger partial charge on any atom is -0.467 e. The number of esters is 1. The summed E-state index contributed by atoms with van der Waals surface area (Å²) in [6, 6.07) is -2.29. The van der Waals surface area contributed by atoms with Gasteiger partial charge < -0.3 is 40.6 Å². The first kappa shape index (κ1) is 25.3. The smallest absolute Gasteiger partial charge is 0.408 e. The monoisotopic (exact) mass is 430 g/mol. The summed E-state index contributed by atoms with van der Waals surface area (Å²) in [4.78, 5) is 48.6. The van der Waals surface area contributed by atoms with E-state index in [1.165, 1.54) is 0 Å². The lowest BCUT2D eigenvalue weighted by molar-refractivity contribution is -0.147. The Morgan fingerprint density at radius 3 is 2.27 bits per heavy atom. The third-order valence-electron chi connectivity index (χ3n) is 3.55. The highest BCUT2D eigenvalue weighted by molar-refractivity contribution is 5.92. The van der Waals surface area contributed by atoms with Gasteiger partial charge in [0.15, 0.2) is 12.2 Å². The van der Waals surface area contributed by atoms with Crippen LogP contribution < -0.4 is 21.7 Å². The standard InChI is InChI=1S/C18H30N4O8/c1-18(2,3)30-17(26)21-11-9-28-7-5-6-8-29-10-12(16(25)27-4)20-15(24)13(19)22-14(11)23/h5-6,11-13H,7-10,19H2,1-4H3,(H,20,24)(H,21,26)(H,22,23)/b6-5+/t11-,12-,13+/m0/s1. The van der Waals surface area contributed by atoms with Crippen molar-refractivity contribution in [1.82, 2.24) is 16.0 Å². The minimum absolute atomic E-state index is 0.132. The molecule has 0 radical (unpaired) electrons. The Labute approximate surface area is 174 Å². The SMILES string of the molecule is COC(=O)[C@@H]1COC/C=C/COC[C@H](NC(=O)OC(C)(C)C)C(=O)N[C@@H](N)C(=O)N1. The van der Waals surface area contributed by atoms with E-state index in [0.29, 0.717) is 0 Å². The van der Waals surface area contributed by atoms with Crippen LogP contribution in [0.25, 0.3) is 0 Å². The molecule has 0 aromatic heterocycles. The van der Waals surface area contributed by atoms with E-state index in [1.807, 2.05) is 0 Å². The Balaban J connectivity index is 2.91. The molecule has 0 saturated carbocycles. The van der Waals surface area contributed by atoms with Gasteiger partial charge in [0, 0.05) is 0 Å². The zero-order chi connectivity index (χ0) is 22.7. The summed E-state index contributed by atoms with van der Waals surface area (Å²) in [5, 5.41) is 6.99. The predicted octanol–water partition coefficient (Wildman–Crippen LogP) is -1.46. The summed E-state index contributed by atoms with van der Waals surface area (Å²) in [5.74, 6) is -2.35. The summed E-state index contributed by atoms with van der Waals surface area (Å²) in [5.41, 5.74) is 4.94. The number of alkyl carbamates (subject to hydrolysis) is 1. The average molecular weight is 430 g/mol. The molecule has 12 nitrogen and oxygen atoms in total. The van der Waals surface area contributed by atoms with Gasteiger partial charge in [0.2, 0.25) is 5.91 Å². The molecule has 1 heterocycles. The van der Waals surface area contributed by atoms with Crippen molar-refractivity contribution in [3.8, 4) is 0 Å². The van der Waals surface area contributed by atoms with Gasteiger partial charge in [-0.3, -0.25) is 9.59 Å². The molecule has 0 fully saturated rings. The van der Waals surface area contributed by atoms with Gasteiger partial charge in [-0.25, -0.2) is 9.59 Å². The van der Waals surface area contributed by atoms with Crippen LogP contribution in [0.5, 0.6) is 0 Å². The molecule has 0 aromatic rings. The minimum atomic E-state index is -1.50. The fourth-order valence-corrected chi connectivity index (χ4v) is 2.17. The third kappa shape index (κ3) is 9.67. The summed E-state index contributed by atoms with van der Waals surface area (Å²) in [7, 11) is 1.16. The fraction of sp³-hybridized carbons (Fsp3) is 0.667. The molecule has 3 amide bonds. The van der Waals surface area contributed by atoms with Crippen LogP contribution in [-0.4, -0.2) is 81.3 Å². The summed E-state index contributed by atoms with van der Waals surface area (Å²) in [6.07, 6.45) is 0.935. The molecule has 0 aromatic carbocycles. The number of nitrogens with one attached hydrogen (secondary N) is 3. The molecule has 12 heteroatoms. The van der Waals surface area contributed by atoms with Gasteiger partial charge in [0.1, 0.15) is 11.6 Å². The average Bonchev–Trinajstić information content (AvgIpc) is 2.65. The van der Waals surface area contributed by atoms with Crippen LogP contribution in [0.1, 0.15) is 20.8 Å². The number of carbonyl (C=O) groups is 4. The molecule has 1 rings (SSSR count). The lowest BCUT2D eigenvalue weighted by Crippen LogP contribution is -2.60. The highest BCUT2D eigenvalue weighted by atomic mass is 16.6. The molecular formula is C18H30N4O8. The molecule has 1 aliphatic heterocycles. The predicted molar refractivity (Wildman–Crippen MR) is 104 cm³/mol. The van der Waals surface area contributed by atoms with Crippen LogP contribution in [-0.2, 0) is 33.3 Å². The molecule has 30 heavy (non-hydrogen) atoms. The third-order valence-corrected chi connectivity index (χ3v) is 3.55. The fourth-order valence-electron chi connectivity index (χ4n) is 2.17. The molecule has 0 spiro atoms. The van der Waals surface area contributed by atoms with E-state index < -0.39 is 47.7 Å². The second kappa shape index (κ2) is 12.1. The van der Waals surface area contributed by atoms with Gasteiger partial charge in [-0.1, -0.05) is 12.2 Å². The number of rotatable bonds is 2. The van der Waals surface area contributed by atoms with E-state index >= 15 is 0 Å². The van der Waals surface area contributed by atoms with Crippen molar-refractivity contribution >= 4 is 23.9 Å². The number of methoxy groups -OCH3 is 1. The zero-order valence-corrected chi connectivity index (χ0v) is 17.6. The summed E-state index contributed by atoms with van der Waals surface area (Å²) < 4.78 is 20.4.